The first-order valence-corrected chi connectivity index (χ1v) is 7.87. The number of benzene rings is 1. The predicted octanol–water partition coefficient (Wildman–Crippen LogP) is 5.98. The summed E-state index contributed by atoms with van der Waals surface area (Å²) in [5.41, 5.74) is 4.02. The molecule has 0 aliphatic heterocycles. The molecule has 21 heavy (non-hydrogen) atoms. The maximum absolute atomic E-state index is 6.19. The molecule has 0 atom stereocenters. The van der Waals surface area contributed by atoms with Gasteiger partial charge in [-0.05, 0) is 37.1 Å². The average molecular weight is 314 g/mol. The summed E-state index contributed by atoms with van der Waals surface area (Å²) in [5.74, 6) is 0. The molecular weight excluding hydrogens is 302 g/mol. The minimum absolute atomic E-state index is 0.460. The lowest BCUT2D eigenvalue weighted by atomic mass is 9.99. The highest BCUT2D eigenvalue weighted by Gasteiger charge is 2.18. The molecule has 0 aliphatic rings. The first-order valence-electron chi connectivity index (χ1n) is 6.68. The van der Waals surface area contributed by atoms with Crippen LogP contribution < -0.4 is 0 Å². The average Bonchev–Trinajstić information content (AvgIpc) is 2.98. The summed E-state index contributed by atoms with van der Waals surface area (Å²) >= 11 is 7.99. The normalized spacial score (nSPS) is 11.6. The van der Waals surface area contributed by atoms with Gasteiger partial charge in [0.1, 0.15) is 5.15 Å². The number of halogens is 1. The molecule has 0 saturated heterocycles. The molecule has 0 aliphatic carbocycles. The van der Waals surface area contributed by atoms with Crippen molar-refractivity contribution in [2.24, 2.45) is 0 Å². The number of nitrogens with zero attached hydrogens (tertiary/aromatic N) is 1. The van der Waals surface area contributed by atoms with Gasteiger partial charge < -0.3 is 4.42 Å². The van der Waals surface area contributed by atoms with Gasteiger partial charge in [0.15, 0.2) is 0 Å². The van der Waals surface area contributed by atoms with Crippen LogP contribution in [0, 0.1) is 13.8 Å². The number of hydrogen-bond donors (Lipinski definition) is 0. The second-order valence-corrected chi connectivity index (χ2v) is 6.76. The van der Waals surface area contributed by atoms with Crippen molar-refractivity contribution in [3.63, 3.8) is 0 Å². The SMILES string of the molecule is Cc1sc2ccccc2c1-c1cc(Cl)nc2occ(C)c12. The second-order valence-electron chi connectivity index (χ2n) is 5.12. The molecule has 0 fully saturated rings. The van der Waals surface area contributed by atoms with E-state index in [-0.39, 0.29) is 0 Å². The maximum Gasteiger partial charge on any atom is 0.228 e. The van der Waals surface area contributed by atoms with Crippen LogP contribution in [-0.4, -0.2) is 4.98 Å². The lowest BCUT2D eigenvalue weighted by molar-refractivity contribution is 0.601. The maximum atomic E-state index is 6.19. The Hall–Kier alpha value is -1.84. The van der Waals surface area contributed by atoms with Crippen LogP contribution in [0.25, 0.3) is 32.3 Å². The molecular formula is C17H12ClNOS. The third-order valence-corrected chi connectivity index (χ3v) is 5.02. The predicted molar refractivity (Wildman–Crippen MR) is 89.3 cm³/mol. The number of aromatic nitrogens is 1. The summed E-state index contributed by atoms with van der Waals surface area (Å²) in [6.45, 7) is 4.18. The van der Waals surface area contributed by atoms with Crippen LogP contribution in [0.3, 0.4) is 0 Å². The third kappa shape index (κ3) is 1.88. The van der Waals surface area contributed by atoms with E-state index in [1.165, 1.54) is 20.5 Å². The fourth-order valence-electron chi connectivity index (χ4n) is 2.86. The number of fused-ring (bicyclic) bond motifs is 2. The van der Waals surface area contributed by atoms with E-state index in [1.807, 2.05) is 13.0 Å². The Morgan fingerprint density at radius 3 is 2.86 bits per heavy atom. The van der Waals surface area contributed by atoms with Gasteiger partial charge in [0.2, 0.25) is 5.71 Å². The largest absolute Gasteiger partial charge is 0.446 e. The van der Waals surface area contributed by atoms with Crippen LogP contribution in [-0.2, 0) is 0 Å². The van der Waals surface area contributed by atoms with Crippen molar-refractivity contribution in [1.82, 2.24) is 4.98 Å². The van der Waals surface area contributed by atoms with Crippen molar-refractivity contribution in [3.05, 3.63) is 52.2 Å². The molecule has 0 unspecified atom stereocenters. The van der Waals surface area contributed by atoms with Crippen LogP contribution in [0.1, 0.15) is 10.4 Å². The van der Waals surface area contributed by atoms with E-state index in [1.54, 1.807) is 17.6 Å². The van der Waals surface area contributed by atoms with Gasteiger partial charge in [-0.1, -0.05) is 29.8 Å². The van der Waals surface area contributed by atoms with Crippen molar-refractivity contribution in [1.29, 1.82) is 0 Å². The minimum atomic E-state index is 0.460. The van der Waals surface area contributed by atoms with E-state index in [0.717, 1.165) is 16.5 Å². The second kappa shape index (κ2) is 4.58. The Kier molecular flexibility index (Phi) is 2.81. The quantitative estimate of drug-likeness (QED) is 0.404. The molecule has 0 N–H and O–H groups in total. The molecule has 0 spiro atoms. The minimum Gasteiger partial charge on any atom is -0.446 e. The van der Waals surface area contributed by atoms with E-state index in [2.05, 4.69) is 36.2 Å². The fraction of sp³-hybridized carbons (Fsp3) is 0.118. The van der Waals surface area contributed by atoms with Crippen molar-refractivity contribution in [3.8, 4) is 11.1 Å². The highest BCUT2D eigenvalue weighted by atomic mass is 35.5. The first kappa shape index (κ1) is 12.9. The van der Waals surface area contributed by atoms with Crippen LogP contribution in [0.2, 0.25) is 5.15 Å². The topological polar surface area (TPSA) is 26.0 Å². The van der Waals surface area contributed by atoms with Crippen LogP contribution >= 0.6 is 22.9 Å². The van der Waals surface area contributed by atoms with Crippen LogP contribution in [0.4, 0.5) is 0 Å². The molecule has 4 rings (SSSR count). The van der Waals surface area contributed by atoms with Gasteiger partial charge in [-0.25, -0.2) is 4.98 Å². The van der Waals surface area contributed by atoms with Gasteiger partial charge in [0.25, 0.3) is 0 Å². The molecule has 4 aromatic rings. The lowest BCUT2D eigenvalue weighted by Crippen LogP contribution is -1.85. The zero-order valence-electron chi connectivity index (χ0n) is 11.6. The highest BCUT2D eigenvalue weighted by Crippen LogP contribution is 2.42. The molecule has 3 heterocycles. The van der Waals surface area contributed by atoms with Crippen LogP contribution in [0.5, 0.6) is 0 Å². The van der Waals surface area contributed by atoms with Gasteiger partial charge >= 0.3 is 0 Å². The highest BCUT2D eigenvalue weighted by molar-refractivity contribution is 7.19. The number of rotatable bonds is 1. The molecule has 0 bridgehead atoms. The Labute approximate surface area is 131 Å². The Morgan fingerprint density at radius 2 is 2.00 bits per heavy atom. The van der Waals surface area contributed by atoms with Gasteiger partial charge in [0.05, 0.1) is 11.6 Å². The van der Waals surface area contributed by atoms with Crippen molar-refractivity contribution >= 4 is 44.1 Å². The van der Waals surface area contributed by atoms with Gasteiger partial charge in [-0.3, -0.25) is 0 Å². The monoisotopic (exact) mass is 313 g/mol. The molecule has 1 aromatic carbocycles. The number of hydrogen-bond acceptors (Lipinski definition) is 3. The molecule has 0 saturated carbocycles. The summed E-state index contributed by atoms with van der Waals surface area (Å²) in [4.78, 5) is 5.56. The number of pyridine rings is 1. The van der Waals surface area contributed by atoms with Gasteiger partial charge in [0, 0.05) is 20.5 Å². The Morgan fingerprint density at radius 1 is 1.19 bits per heavy atom. The molecule has 3 aromatic heterocycles. The van der Waals surface area contributed by atoms with Crippen LogP contribution in [0.15, 0.2) is 41.0 Å². The standard InChI is InChI=1S/C17H12ClNOS/c1-9-8-20-17-15(9)12(7-14(18)19-17)16-10(2)21-13-6-4-3-5-11(13)16/h3-8H,1-2H3. The molecule has 0 radical (unpaired) electrons. The summed E-state index contributed by atoms with van der Waals surface area (Å²) in [6.07, 6.45) is 1.74. The van der Waals surface area contributed by atoms with Gasteiger partial charge in [-0.2, -0.15) is 0 Å². The molecule has 0 amide bonds. The van der Waals surface area contributed by atoms with Crippen molar-refractivity contribution < 1.29 is 4.42 Å². The van der Waals surface area contributed by atoms with E-state index < -0.39 is 0 Å². The van der Waals surface area contributed by atoms with E-state index in [9.17, 15) is 0 Å². The smallest absolute Gasteiger partial charge is 0.228 e. The lowest BCUT2D eigenvalue weighted by Gasteiger charge is -2.05. The van der Waals surface area contributed by atoms with Crippen molar-refractivity contribution in [2.45, 2.75) is 13.8 Å². The fourth-order valence-corrected chi connectivity index (χ4v) is 4.13. The Balaban J connectivity index is 2.18. The summed E-state index contributed by atoms with van der Waals surface area (Å²) in [7, 11) is 0. The molecule has 4 heteroatoms. The summed E-state index contributed by atoms with van der Waals surface area (Å²) < 4.78 is 6.81. The number of thiophene rings is 1. The third-order valence-electron chi connectivity index (χ3n) is 3.74. The zero-order chi connectivity index (χ0) is 14.6. The van der Waals surface area contributed by atoms with Gasteiger partial charge in [-0.15, -0.1) is 11.3 Å². The number of aryl methyl sites for hydroxylation is 2. The summed E-state index contributed by atoms with van der Waals surface area (Å²) in [5, 5.41) is 2.76. The van der Waals surface area contributed by atoms with E-state index in [0.29, 0.717) is 10.9 Å². The van der Waals surface area contributed by atoms with E-state index >= 15 is 0 Å². The number of furan rings is 1. The summed E-state index contributed by atoms with van der Waals surface area (Å²) in [6, 6.07) is 10.4. The zero-order valence-corrected chi connectivity index (χ0v) is 13.2. The molecule has 2 nitrogen and oxygen atoms in total. The van der Waals surface area contributed by atoms with Crippen molar-refractivity contribution in [2.75, 3.05) is 0 Å². The van der Waals surface area contributed by atoms with E-state index in [4.69, 9.17) is 16.0 Å². The Bertz CT molecular complexity index is 983. The molecule has 104 valence electrons. The first-order chi connectivity index (χ1) is 10.1.